The van der Waals surface area contributed by atoms with Gasteiger partial charge in [0, 0.05) is 6.07 Å². The second kappa shape index (κ2) is 5.56. The third kappa shape index (κ3) is 3.02. The lowest BCUT2D eigenvalue weighted by Gasteiger charge is -2.10. The maximum absolute atomic E-state index is 5.77. The zero-order chi connectivity index (χ0) is 13.0. The number of hydrazine groups is 1. The quantitative estimate of drug-likeness (QED) is 0.639. The molecule has 0 spiro atoms. The molecule has 0 saturated heterocycles. The molecule has 0 unspecified atom stereocenters. The van der Waals surface area contributed by atoms with Crippen molar-refractivity contribution in [3.8, 4) is 5.75 Å². The Morgan fingerprint density at radius 1 is 1.11 bits per heavy atom. The molecule has 0 amide bonds. The molecular weight excluding hydrogens is 224 g/mol. The summed E-state index contributed by atoms with van der Waals surface area (Å²) >= 11 is 0. The normalized spacial score (nSPS) is 10.2. The van der Waals surface area contributed by atoms with E-state index in [0.717, 1.165) is 11.4 Å². The van der Waals surface area contributed by atoms with E-state index in [1.165, 1.54) is 16.7 Å². The molecule has 0 bridgehead atoms. The number of rotatable bonds is 4. The molecule has 0 atom stereocenters. The van der Waals surface area contributed by atoms with Crippen LogP contribution in [0.2, 0.25) is 0 Å². The minimum atomic E-state index is 0.571. The molecule has 0 aliphatic rings. The number of hydrogen-bond acceptors (Lipinski definition) is 3. The van der Waals surface area contributed by atoms with Gasteiger partial charge < -0.3 is 10.2 Å². The first kappa shape index (κ1) is 12.5. The van der Waals surface area contributed by atoms with Gasteiger partial charge in [-0.3, -0.25) is 5.84 Å². The number of nitrogens with two attached hydrogens (primary N) is 1. The van der Waals surface area contributed by atoms with E-state index in [-0.39, 0.29) is 0 Å². The van der Waals surface area contributed by atoms with Gasteiger partial charge in [0.15, 0.2) is 0 Å². The Morgan fingerprint density at radius 3 is 2.72 bits per heavy atom. The highest BCUT2D eigenvalue weighted by Crippen LogP contribution is 2.19. The van der Waals surface area contributed by atoms with Crippen molar-refractivity contribution < 1.29 is 4.74 Å². The summed E-state index contributed by atoms with van der Waals surface area (Å²) in [4.78, 5) is 0. The standard InChI is InChI=1S/C15H18N2O/c1-11-6-7-12(2)13(8-11)10-18-15-5-3-4-14(9-15)17-16/h3-9,17H,10,16H2,1-2H3. The van der Waals surface area contributed by atoms with Crippen molar-refractivity contribution in [1.82, 2.24) is 0 Å². The summed E-state index contributed by atoms with van der Waals surface area (Å²) in [6.07, 6.45) is 0. The molecule has 3 heteroatoms. The van der Waals surface area contributed by atoms with Crippen molar-refractivity contribution in [1.29, 1.82) is 0 Å². The zero-order valence-corrected chi connectivity index (χ0v) is 10.7. The average Bonchev–Trinajstić information content (AvgIpc) is 2.40. The largest absolute Gasteiger partial charge is 0.489 e. The maximum atomic E-state index is 5.77. The Labute approximate surface area is 108 Å². The Bertz CT molecular complexity index is 538. The lowest BCUT2D eigenvalue weighted by atomic mass is 10.1. The fourth-order valence-electron chi connectivity index (χ4n) is 1.79. The van der Waals surface area contributed by atoms with Gasteiger partial charge in [-0.1, -0.05) is 29.8 Å². The summed E-state index contributed by atoms with van der Waals surface area (Å²) in [6.45, 7) is 4.75. The van der Waals surface area contributed by atoms with Crippen molar-refractivity contribution in [2.24, 2.45) is 5.84 Å². The van der Waals surface area contributed by atoms with Crippen molar-refractivity contribution in [2.45, 2.75) is 20.5 Å². The highest BCUT2D eigenvalue weighted by molar-refractivity contribution is 5.47. The molecule has 2 aromatic carbocycles. The molecule has 94 valence electrons. The molecule has 0 fully saturated rings. The predicted octanol–water partition coefficient (Wildman–Crippen LogP) is 3.17. The summed E-state index contributed by atoms with van der Waals surface area (Å²) in [7, 11) is 0. The lowest BCUT2D eigenvalue weighted by Crippen LogP contribution is -2.06. The Hall–Kier alpha value is -2.00. The molecule has 2 rings (SSSR count). The molecule has 0 radical (unpaired) electrons. The van der Waals surface area contributed by atoms with E-state index in [4.69, 9.17) is 10.6 Å². The molecule has 3 N–H and O–H groups in total. The Morgan fingerprint density at radius 2 is 1.94 bits per heavy atom. The van der Waals surface area contributed by atoms with Crippen LogP contribution in [0.25, 0.3) is 0 Å². The fourth-order valence-corrected chi connectivity index (χ4v) is 1.79. The minimum absolute atomic E-state index is 0.571. The maximum Gasteiger partial charge on any atom is 0.121 e. The fraction of sp³-hybridized carbons (Fsp3) is 0.200. The summed E-state index contributed by atoms with van der Waals surface area (Å²) in [5, 5.41) is 0. The summed E-state index contributed by atoms with van der Waals surface area (Å²) in [5.41, 5.74) is 7.15. The van der Waals surface area contributed by atoms with E-state index in [2.05, 4.69) is 37.5 Å². The van der Waals surface area contributed by atoms with Crippen LogP contribution in [0.5, 0.6) is 5.75 Å². The number of nitrogens with one attached hydrogen (secondary N) is 1. The molecule has 0 aliphatic carbocycles. The average molecular weight is 242 g/mol. The summed E-state index contributed by atoms with van der Waals surface area (Å²) in [6, 6.07) is 14.0. The highest BCUT2D eigenvalue weighted by Gasteiger charge is 2.01. The monoisotopic (exact) mass is 242 g/mol. The number of hydrogen-bond donors (Lipinski definition) is 2. The third-order valence-electron chi connectivity index (χ3n) is 2.90. The van der Waals surface area contributed by atoms with Gasteiger partial charge in [-0.2, -0.15) is 0 Å². The van der Waals surface area contributed by atoms with Crippen LogP contribution in [0.1, 0.15) is 16.7 Å². The third-order valence-corrected chi connectivity index (χ3v) is 2.90. The van der Waals surface area contributed by atoms with E-state index < -0.39 is 0 Å². The number of ether oxygens (including phenoxy) is 1. The summed E-state index contributed by atoms with van der Waals surface area (Å²) in [5.74, 6) is 6.18. The van der Waals surface area contributed by atoms with Gasteiger partial charge in [-0.15, -0.1) is 0 Å². The lowest BCUT2D eigenvalue weighted by molar-refractivity contribution is 0.305. The number of benzene rings is 2. The van der Waals surface area contributed by atoms with Crippen molar-refractivity contribution >= 4 is 5.69 Å². The molecular formula is C15H18N2O. The predicted molar refractivity (Wildman–Crippen MR) is 74.5 cm³/mol. The molecule has 3 nitrogen and oxygen atoms in total. The first-order chi connectivity index (χ1) is 8.69. The van der Waals surface area contributed by atoms with Gasteiger partial charge in [-0.25, -0.2) is 0 Å². The second-order valence-electron chi connectivity index (χ2n) is 4.39. The van der Waals surface area contributed by atoms with E-state index in [1.807, 2.05) is 24.3 Å². The van der Waals surface area contributed by atoms with Gasteiger partial charge in [0.1, 0.15) is 12.4 Å². The van der Waals surface area contributed by atoms with Crippen molar-refractivity contribution in [3.63, 3.8) is 0 Å². The second-order valence-corrected chi connectivity index (χ2v) is 4.39. The Balaban J connectivity index is 2.08. The SMILES string of the molecule is Cc1ccc(C)c(COc2cccc(NN)c2)c1. The van der Waals surface area contributed by atoms with Gasteiger partial charge in [0.05, 0.1) is 5.69 Å². The number of anilines is 1. The van der Waals surface area contributed by atoms with E-state index in [1.54, 1.807) is 0 Å². The molecule has 0 heterocycles. The van der Waals surface area contributed by atoms with Crippen LogP contribution in [-0.4, -0.2) is 0 Å². The highest BCUT2D eigenvalue weighted by atomic mass is 16.5. The minimum Gasteiger partial charge on any atom is -0.489 e. The van der Waals surface area contributed by atoms with Crippen LogP contribution in [0.4, 0.5) is 5.69 Å². The first-order valence-electron chi connectivity index (χ1n) is 5.94. The van der Waals surface area contributed by atoms with Gasteiger partial charge in [0.25, 0.3) is 0 Å². The van der Waals surface area contributed by atoms with Crippen molar-refractivity contribution in [3.05, 3.63) is 59.2 Å². The van der Waals surface area contributed by atoms with Gasteiger partial charge >= 0.3 is 0 Å². The number of aryl methyl sites for hydroxylation is 2. The van der Waals surface area contributed by atoms with Crippen LogP contribution >= 0.6 is 0 Å². The Kier molecular flexibility index (Phi) is 3.85. The van der Waals surface area contributed by atoms with Gasteiger partial charge in [-0.05, 0) is 37.1 Å². The zero-order valence-electron chi connectivity index (χ0n) is 10.7. The smallest absolute Gasteiger partial charge is 0.121 e. The topological polar surface area (TPSA) is 47.3 Å². The summed E-state index contributed by atoms with van der Waals surface area (Å²) < 4.78 is 5.77. The van der Waals surface area contributed by atoms with E-state index >= 15 is 0 Å². The van der Waals surface area contributed by atoms with Crippen molar-refractivity contribution in [2.75, 3.05) is 5.43 Å². The van der Waals surface area contributed by atoms with Crippen LogP contribution in [0.3, 0.4) is 0 Å². The molecule has 0 saturated carbocycles. The number of nitrogen functional groups attached to an aromatic ring is 1. The van der Waals surface area contributed by atoms with Crippen LogP contribution in [0.15, 0.2) is 42.5 Å². The van der Waals surface area contributed by atoms with E-state index in [0.29, 0.717) is 6.61 Å². The van der Waals surface area contributed by atoms with Crippen LogP contribution < -0.4 is 16.0 Å². The molecule has 0 aromatic heterocycles. The van der Waals surface area contributed by atoms with Gasteiger partial charge in [0.2, 0.25) is 0 Å². The first-order valence-corrected chi connectivity index (χ1v) is 5.94. The van der Waals surface area contributed by atoms with E-state index in [9.17, 15) is 0 Å². The molecule has 0 aliphatic heterocycles. The molecule has 18 heavy (non-hydrogen) atoms. The van der Waals surface area contributed by atoms with Crippen LogP contribution in [-0.2, 0) is 6.61 Å². The van der Waals surface area contributed by atoms with Crippen LogP contribution in [0, 0.1) is 13.8 Å². The molecule has 2 aromatic rings.